The minimum absolute atomic E-state index is 0.0520. The standard InChI is InChI=1S/C16H16N4OS/c1-10-14(11(2)20-19-10)9-15(21)18-13-5-3-4-12(8-13)16-17-6-7-22-16/h3-8H,9H2,1-2H3,(H,18,21)(H,19,20). The van der Waals surface area contributed by atoms with Crippen LogP contribution >= 0.6 is 11.3 Å². The van der Waals surface area contributed by atoms with Gasteiger partial charge in [-0.05, 0) is 26.0 Å². The van der Waals surface area contributed by atoms with E-state index < -0.39 is 0 Å². The van der Waals surface area contributed by atoms with Crippen molar-refractivity contribution in [3.8, 4) is 10.6 Å². The molecule has 0 fully saturated rings. The van der Waals surface area contributed by atoms with Gasteiger partial charge in [0.15, 0.2) is 0 Å². The normalized spacial score (nSPS) is 10.6. The highest BCUT2D eigenvalue weighted by Crippen LogP contribution is 2.24. The maximum atomic E-state index is 12.2. The molecule has 5 nitrogen and oxygen atoms in total. The Balaban J connectivity index is 1.73. The number of hydrogen-bond donors (Lipinski definition) is 2. The second kappa shape index (κ2) is 6.11. The van der Waals surface area contributed by atoms with Crippen molar-refractivity contribution in [1.29, 1.82) is 0 Å². The molecule has 0 saturated heterocycles. The maximum Gasteiger partial charge on any atom is 0.228 e. The third kappa shape index (κ3) is 3.07. The Kier molecular flexibility index (Phi) is 4.02. The van der Waals surface area contributed by atoms with Crippen LogP contribution < -0.4 is 5.32 Å². The van der Waals surface area contributed by atoms with Crippen LogP contribution in [0.1, 0.15) is 17.0 Å². The van der Waals surface area contributed by atoms with Gasteiger partial charge in [0.05, 0.1) is 12.1 Å². The number of thiazole rings is 1. The summed E-state index contributed by atoms with van der Waals surface area (Å²) in [6, 6.07) is 7.72. The Morgan fingerprint density at radius 2 is 2.23 bits per heavy atom. The summed E-state index contributed by atoms with van der Waals surface area (Å²) >= 11 is 1.58. The number of carbonyl (C=O) groups excluding carboxylic acids is 1. The molecular weight excluding hydrogens is 296 g/mol. The van der Waals surface area contributed by atoms with Gasteiger partial charge in [-0.3, -0.25) is 9.89 Å². The molecule has 0 unspecified atom stereocenters. The van der Waals surface area contributed by atoms with Gasteiger partial charge in [0.25, 0.3) is 0 Å². The summed E-state index contributed by atoms with van der Waals surface area (Å²) in [6.07, 6.45) is 2.09. The van der Waals surface area contributed by atoms with Gasteiger partial charge in [-0.1, -0.05) is 12.1 Å². The lowest BCUT2D eigenvalue weighted by molar-refractivity contribution is -0.115. The molecule has 0 aliphatic rings. The number of rotatable bonds is 4. The molecule has 0 bridgehead atoms. The van der Waals surface area contributed by atoms with Gasteiger partial charge in [0.2, 0.25) is 5.91 Å². The summed E-state index contributed by atoms with van der Waals surface area (Å²) < 4.78 is 0. The van der Waals surface area contributed by atoms with E-state index in [9.17, 15) is 4.79 Å². The van der Waals surface area contributed by atoms with Crippen molar-refractivity contribution in [3.05, 3.63) is 52.8 Å². The van der Waals surface area contributed by atoms with Crippen molar-refractivity contribution in [3.63, 3.8) is 0 Å². The van der Waals surface area contributed by atoms with Gasteiger partial charge < -0.3 is 5.32 Å². The lowest BCUT2D eigenvalue weighted by Gasteiger charge is -2.07. The fourth-order valence-corrected chi connectivity index (χ4v) is 2.93. The zero-order valence-electron chi connectivity index (χ0n) is 12.4. The van der Waals surface area contributed by atoms with Crippen LogP contribution in [0.3, 0.4) is 0 Å². The number of carbonyl (C=O) groups is 1. The van der Waals surface area contributed by atoms with Crippen LogP contribution in [0.15, 0.2) is 35.8 Å². The van der Waals surface area contributed by atoms with Crippen LogP contribution in [-0.4, -0.2) is 21.1 Å². The lowest BCUT2D eigenvalue weighted by Crippen LogP contribution is -2.15. The highest BCUT2D eigenvalue weighted by molar-refractivity contribution is 7.13. The number of nitrogens with zero attached hydrogens (tertiary/aromatic N) is 2. The molecule has 1 amide bonds. The van der Waals surface area contributed by atoms with Crippen LogP contribution in [0, 0.1) is 13.8 Å². The van der Waals surface area contributed by atoms with E-state index in [1.54, 1.807) is 17.5 Å². The van der Waals surface area contributed by atoms with Gasteiger partial charge in [-0.2, -0.15) is 5.10 Å². The number of amides is 1. The van der Waals surface area contributed by atoms with Crippen LogP contribution in [0.5, 0.6) is 0 Å². The molecule has 3 rings (SSSR count). The first-order chi connectivity index (χ1) is 10.6. The number of benzene rings is 1. The minimum Gasteiger partial charge on any atom is -0.326 e. The zero-order valence-corrected chi connectivity index (χ0v) is 13.2. The SMILES string of the molecule is Cc1n[nH]c(C)c1CC(=O)Nc1cccc(-c2nccs2)c1. The van der Waals surface area contributed by atoms with Gasteiger partial charge in [0.1, 0.15) is 5.01 Å². The molecule has 0 saturated carbocycles. The van der Waals surface area contributed by atoms with E-state index in [0.717, 1.165) is 33.2 Å². The molecule has 0 aliphatic heterocycles. The number of aromatic nitrogens is 3. The molecule has 2 N–H and O–H groups in total. The number of hydrogen-bond acceptors (Lipinski definition) is 4. The van der Waals surface area contributed by atoms with E-state index in [4.69, 9.17) is 0 Å². The summed E-state index contributed by atoms with van der Waals surface area (Å²) in [4.78, 5) is 16.5. The number of aromatic amines is 1. The molecule has 0 aliphatic carbocycles. The Morgan fingerprint density at radius 1 is 1.36 bits per heavy atom. The predicted molar refractivity (Wildman–Crippen MR) is 87.9 cm³/mol. The molecule has 6 heteroatoms. The van der Waals surface area contributed by atoms with Crippen molar-refractivity contribution < 1.29 is 4.79 Å². The minimum atomic E-state index is -0.0520. The number of anilines is 1. The van der Waals surface area contributed by atoms with Crippen molar-refractivity contribution in [2.75, 3.05) is 5.32 Å². The second-order valence-electron chi connectivity index (χ2n) is 5.06. The van der Waals surface area contributed by atoms with E-state index in [1.807, 2.05) is 43.5 Å². The zero-order chi connectivity index (χ0) is 15.5. The number of nitrogens with one attached hydrogen (secondary N) is 2. The van der Waals surface area contributed by atoms with Crippen LogP contribution in [0.4, 0.5) is 5.69 Å². The number of H-pyrrole nitrogens is 1. The Hall–Kier alpha value is -2.47. The molecule has 0 spiro atoms. The molecule has 2 heterocycles. The third-order valence-electron chi connectivity index (χ3n) is 3.44. The predicted octanol–water partition coefficient (Wildman–Crippen LogP) is 3.33. The molecular formula is C16H16N4OS. The summed E-state index contributed by atoms with van der Waals surface area (Å²) in [5.74, 6) is -0.0520. The maximum absolute atomic E-state index is 12.2. The Labute approximate surface area is 132 Å². The fourth-order valence-electron chi connectivity index (χ4n) is 2.30. The largest absolute Gasteiger partial charge is 0.326 e. The fraction of sp³-hybridized carbons (Fsp3) is 0.188. The summed E-state index contributed by atoms with van der Waals surface area (Å²) in [7, 11) is 0. The first kappa shape index (κ1) is 14.5. The highest BCUT2D eigenvalue weighted by atomic mass is 32.1. The van der Waals surface area contributed by atoms with Gasteiger partial charge in [-0.15, -0.1) is 11.3 Å². The molecule has 2 aromatic heterocycles. The monoisotopic (exact) mass is 312 g/mol. The average molecular weight is 312 g/mol. The van der Waals surface area contributed by atoms with Crippen molar-refractivity contribution in [1.82, 2.24) is 15.2 Å². The molecule has 22 heavy (non-hydrogen) atoms. The van der Waals surface area contributed by atoms with E-state index in [2.05, 4.69) is 20.5 Å². The van der Waals surface area contributed by atoms with Crippen molar-refractivity contribution in [2.45, 2.75) is 20.3 Å². The van der Waals surface area contributed by atoms with Crippen LogP contribution in [0.25, 0.3) is 10.6 Å². The van der Waals surface area contributed by atoms with Crippen LogP contribution in [-0.2, 0) is 11.2 Å². The van der Waals surface area contributed by atoms with E-state index >= 15 is 0 Å². The van der Waals surface area contributed by atoms with Crippen molar-refractivity contribution in [2.24, 2.45) is 0 Å². The molecule has 0 radical (unpaired) electrons. The number of aryl methyl sites for hydroxylation is 2. The summed E-state index contributed by atoms with van der Waals surface area (Å²) in [5.41, 5.74) is 4.53. The summed E-state index contributed by atoms with van der Waals surface area (Å²) in [5, 5.41) is 12.8. The van der Waals surface area contributed by atoms with Gasteiger partial charge in [0, 0.05) is 34.1 Å². The third-order valence-corrected chi connectivity index (χ3v) is 4.27. The quantitative estimate of drug-likeness (QED) is 0.776. The van der Waals surface area contributed by atoms with E-state index in [0.29, 0.717) is 6.42 Å². The topological polar surface area (TPSA) is 70.7 Å². The molecule has 1 aromatic carbocycles. The lowest BCUT2D eigenvalue weighted by atomic mass is 10.1. The first-order valence-electron chi connectivity index (χ1n) is 6.93. The Morgan fingerprint density at radius 3 is 2.91 bits per heavy atom. The average Bonchev–Trinajstić information content (AvgIpc) is 3.13. The van der Waals surface area contributed by atoms with Gasteiger partial charge in [-0.25, -0.2) is 4.98 Å². The molecule has 0 atom stereocenters. The van der Waals surface area contributed by atoms with Crippen molar-refractivity contribution >= 4 is 22.9 Å². The second-order valence-corrected chi connectivity index (χ2v) is 5.95. The van der Waals surface area contributed by atoms with Crippen LogP contribution in [0.2, 0.25) is 0 Å². The highest BCUT2D eigenvalue weighted by Gasteiger charge is 2.12. The molecule has 3 aromatic rings. The van der Waals surface area contributed by atoms with E-state index in [-0.39, 0.29) is 5.91 Å². The smallest absolute Gasteiger partial charge is 0.228 e. The van der Waals surface area contributed by atoms with Gasteiger partial charge >= 0.3 is 0 Å². The van der Waals surface area contributed by atoms with E-state index in [1.165, 1.54) is 0 Å². The Bertz CT molecular complexity index is 773. The summed E-state index contributed by atoms with van der Waals surface area (Å²) in [6.45, 7) is 3.82. The first-order valence-corrected chi connectivity index (χ1v) is 7.81. The molecule has 112 valence electrons.